The molecule has 120 valence electrons. The quantitative estimate of drug-likeness (QED) is 0.848. The Labute approximate surface area is 136 Å². The summed E-state index contributed by atoms with van der Waals surface area (Å²) in [5.74, 6) is 3.21. The Kier molecular flexibility index (Phi) is 5.18. The summed E-state index contributed by atoms with van der Waals surface area (Å²) in [6.07, 6.45) is 9.15. The van der Waals surface area contributed by atoms with E-state index in [1.54, 1.807) is 24.2 Å². The summed E-state index contributed by atoms with van der Waals surface area (Å²) in [7, 11) is 0. The SMILES string of the molecule is CSCC(=O)N1CC[C@@H](C2CCN(c3ncccn3)CC2)C1. The summed E-state index contributed by atoms with van der Waals surface area (Å²) in [6, 6.07) is 1.86. The van der Waals surface area contributed by atoms with Gasteiger partial charge in [0.1, 0.15) is 0 Å². The Hall–Kier alpha value is -1.30. The van der Waals surface area contributed by atoms with Crippen LogP contribution in [-0.4, -0.2) is 59.0 Å². The molecule has 6 heteroatoms. The van der Waals surface area contributed by atoms with E-state index in [1.165, 1.54) is 19.3 Å². The van der Waals surface area contributed by atoms with Crippen LogP contribution in [0.15, 0.2) is 18.5 Å². The fourth-order valence-corrected chi connectivity index (χ4v) is 4.07. The van der Waals surface area contributed by atoms with Gasteiger partial charge in [0, 0.05) is 38.6 Å². The van der Waals surface area contributed by atoms with Crippen LogP contribution in [-0.2, 0) is 4.79 Å². The van der Waals surface area contributed by atoms with Crippen molar-refractivity contribution < 1.29 is 4.79 Å². The van der Waals surface area contributed by atoms with Crippen molar-refractivity contribution in [1.82, 2.24) is 14.9 Å². The largest absolute Gasteiger partial charge is 0.342 e. The first-order valence-electron chi connectivity index (χ1n) is 8.06. The van der Waals surface area contributed by atoms with E-state index in [4.69, 9.17) is 0 Å². The number of rotatable bonds is 4. The Morgan fingerprint density at radius 1 is 1.18 bits per heavy atom. The molecular formula is C16H24N4OS. The van der Waals surface area contributed by atoms with Gasteiger partial charge in [-0.05, 0) is 43.4 Å². The van der Waals surface area contributed by atoms with E-state index in [1.807, 2.05) is 12.3 Å². The molecule has 1 atom stereocenters. The van der Waals surface area contributed by atoms with Crippen molar-refractivity contribution in [3.63, 3.8) is 0 Å². The number of amides is 1. The first-order valence-corrected chi connectivity index (χ1v) is 9.46. The van der Waals surface area contributed by atoms with Crippen LogP contribution in [0.3, 0.4) is 0 Å². The van der Waals surface area contributed by atoms with Gasteiger partial charge in [0.25, 0.3) is 0 Å². The summed E-state index contributed by atoms with van der Waals surface area (Å²) in [5.41, 5.74) is 0. The number of carbonyl (C=O) groups is 1. The van der Waals surface area contributed by atoms with Gasteiger partial charge in [-0.3, -0.25) is 4.79 Å². The highest BCUT2D eigenvalue weighted by atomic mass is 32.2. The lowest BCUT2D eigenvalue weighted by Gasteiger charge is -2.34. The smallest absolute Gasteiger partial charge is 0.232 e. The number of carbonyl (C=O) groups excluding carboxylic acids is 1. The first kappa shape index (κ1) is 15.6. The maximum atomic E-state index is 12.0. The molecule has 0 aliphatic carbocycles. The summed E-state index contributed by atoms with van der Waals surface area (Å²) >= 11 is 1.62. The maximum Gasteiger partial charge on any atom is 0.232 e. The van der Waals surface area contributed by atoms with Crippen LogP contribution in [0, 0.1) is 11.8 Å². The van der Waals surface area contributed by atoms with Crippen molar-refractivity contribution in [2.45, 2.75) is 19.3 Å². The molecule has 0 radical (unpaired) electrons. The van der Waals surface area contributed by atoms with Crippen molar-refractivity contribution in [2.75, 3.05) is 43.1 Å². The second kappa shape index (κ2) is 7.31. The van der Waals surface area contributed by atoms with Gasteiger partial charge in [0.2, 0.25) is 11.9 Å². The second-order valence-corrected chi connectivity index (χ2v) is 7.06. The Balaban J connectivity index is 1.49. The lowest BCUT2D eigenvalue weighted by molar-refractivity contribution is -0.127. The monoisotopic (exact) mass is 320 g/mol. The van der Waals surface area contributed by atoms with Crippen LogP contribution in [0.5, 0.6) is 0 Å². The molecule has 0 aromatic carbocycles. The number of piperidine rings is 1. The topological polar surface area (TPSA) is 49.3 Å². The van der Waals surface area contributed by atoms with Crippen molar-refractivity contribution in [1.29, 1.82) is 0 Å². The molecule has 2 fully saturated rings. The molecule has 2 aliphatic heterocycles. The highest BCUT2D eigenvalue weighted by Crippen LogP contribution is 2.32. The third-order valence-electron chi connectivity index (χ3n) is 4.89. The molecule has 22 heavy (non-hydrogen) atoms. The van der Waals surface area contributed by atoms with Gasteiger partial charge in [-0.2, -0.15) is 11.8 Å². The van der Waals surface area contributed by atoms with Gasteiger partial charge in [-0.15, -0.1) is 0 Å². The minimum Gasteiger partial charge on any atom is -0.342 e. The van der Waals surface area contributed by atoms with E-state index in [-0.39, 0.29) is 0 Å². The molecule has 2 aliphatic rings. The van der Waals surface area contributed by atoms with Crippen LogP contribution in [0.2, 0.25) is 0 Å². The minimum absolute atomic E-state index is 0.310. The standard InChI is InChI=1S/C16H24N4OS/c1-22-12-15(21)20-10-5-14(11-20)13-3-8-19(9-4-13)16-17-6-2-7-18-16/h2,6-7,13-14H,3-5,8-12H2,1H3/t14-/m1/s1. The van der Waals surface area contributed by atoms with Gasteiger partial charge >= 0.3 is 0 Å². The number of aromatic nitrogens is 2. The van der Waals surface area contributed by atoms with Gasteiger partial charge in [-0.1, -0.05) is 0 Å². The molecule has 5 nitrogen and oxygen atoms in total. The van der Waals surface area contributed by atoms with Crippen LogP contribution in [0.25, 0.3) is 0 Å². The summed E-state index contributed by atoms with van der Waals surface area (Å²) in [6.45, 7) is 3.98. The maximum absolute atomic E-state index is 12.0. The van der Waals surface area contributed by atoms with Crippen LogP contribution in [0.1, 0.15) is 19.3 Å². The van der Waals surface area contributed by atoms with Crippen molar-refractivity contribution >= 4 is 23.6 Å². The minimum atomic E-state index is 0.310. The van der Waals surface area contributed by atoms with E-state index in [2.05, 4.69) is 19.8 Å². The zero-order chi connectivity index (χ0) is 15.4. The third-order valence-corrected chi connectivity index (χ3v) is 5.42. The molecule has 3 rings (SSSR count). The number of anilines is 1. The van der Waals surface area contributed by atoms with Gasteiger partial charge in [0.05, 0.1) is 5.75 Å². The zero-order valence-electron chi connectivity index (χ0n) is 13.1. The number of nitrogens with zero attached hydrogens (tertiary/aromatic N) is 4. The average molecular weight is 320 g/mol. The number of likely N-dealkylation sites (tertiary alicyclic amines) is 1. The number of thioether (sulfide) groups is 1. The zero-order valence-corrected chi connectivity index (χ0v) is 14.0. The van der Waals surface area contributed by atoms with Gasteiger partial charge in [-0.25, -0.2) is 9.97 Å². The van der Waals surface area contributed by atoms with E-state index in [0.29, 0.717) is 17.6 Å². The second-order valence-electron chi connectivity index (χ2n) is 6.19. The van der Waals surface area contributed by atoms with E-state index >= 15 is 0 Å². The molecule has 0 bridgehead atoms. The molecule has 2 saturated heterocycles. The fraction of sp³-hybridized carbons (Fsp3) is 0.688. The molecule has 0 N–H and O–H groups in total. The lowest BCUT2D eigenvalue weighted by Crippen LogP contribution is -2.38. The van der Waals surface area contributed by atoms with Gasteiger partial charge in [0.15, 0.2) is 0 Å². The number of hydrogen-bond donors (Lipinski definition) is 0. The predicted octanol–water partition coefficient (Wildman–Crippen LogP) is 1.90. The van der Waals surface area contributed by atoms with Gasteiger partial charge < -0.3 is 9.80 Å². The molecule has 0 unspecified atom stereocenters. The third kappa shape index (κ3) is 3.54. The van der Waals surface area contributed by atoms with E-state index in [9.17, 15) is 4.79 Å². The molecule has 0 saturated carbocycles. The van der Waals surface area contributed by atoms with Crippen LogP contribution < -0.4 is 4.90 Å². The first-order chi connectivity index (χ1) is 10.8. The molecule has 0 spiro atoms. The molecule has 1 aromatic heterocycles. The Bertz CT molecular complexity index is 490. The van der Waals surface area contributed by atoms with Crippen LogP contribution in [0.4, 0.5) is 5.95 Å². The lowest BCUT2D eigenvalue weighted by atomic mass is 9.84. The highest BCUT2D eigenvalue weighted by Gasteiger charge is 2.33. The summed E-state index contributed by atoms with van der Waals surface area (Å²) in [5, 5.41) is 0. The van der Waals surface area contributed by atoms with Crippen molar-refractivity contribution in [3.8, 4) is 0 Å². The summed E-state index contributed by atoms with van der Waals surface area (Å²) < 4.78 is 0. The van der Waals surface area contributed by atoms with Crippen molar-refractivity contribution in [2.24, 2.45) is 11.8 Å². The van der Waals surface area contributed by atoms with E-state index in [0.717, 1.165) is 38.0 Å². The molecule has 3 heterocycles. The summed E-state index contributed by atoms with van der Waals surface area (Å²) in [4.78, 5) is 25.0. The predicted molar refractivity (Wildman–Crippen MR) is 90.0 cm³/mol. The molecular weight excluding hydrogens is 296 g/mol. The van der Waals surface area contributed by atoms with Crippen molar-refractivity contribution in [3.05, 3.63) is 18.5 Å². The fourth-order valence-electron chi connectivity index (χ4n) is 3.64. The Morgan fingerprint density at radius 3 is 2.55 bits per heavy atom. The van der Waals surface area contributed by atoms with E-state index < -0.39 is 0 Å². The Morgan fingerprint density at radius 2 is 1.86 bits per heavy atom. The van der Waals surface area contributed by atoms with Crippen LogP contribution >= 0.6 is 11.8 Å². The average Bonchev–Trinajstić information content (AvgIpc) is 3.06. The molecule has 1 aromatic rings. The highest BCUT2D eigenvalue weighted by molar-refractivity contribution is 7.99. The number of hydrogen-bond acceptors (Lipinski definition) is 5. The molecule has 1 amide bonds. The normalized spacial score (nSPS) is 23.0.